The largest absolute Gasteiger partial charge is 0.493 e. The van der Waals surface area contributed by atoms with Gasteiger partial charge in [-0.2, -0.15) is 13.2 Å². The molecule has 0 spiro atoms. The zero-order valence-corrected chi connectivity index (χ0v) is 17.9. The molecule has 13 heteroatoms. The van der Waals surface area contributed by atoms with Gasteiger partial charge in [0.15, 0.2) is 11.5 Å². The Morgan fingerprint density at radius 3 is 2.47 bits per heavy atom. The van der Waals surface area contributed by atoms with Crippen molar-refractivity contribution in [1.29, 1.82) is 0 Å². The van der Waals surface area contributed by atoms with E-state index in [-0.39, 0.29) is 22.8 Å². The van der Waals surface area contributed by atoms with Crippen molar-refractivity contribution in [3.05, 3.63) is 46.4 Å². The van der Waals surface area contributed by atoms with E-state index in [1.165, 1.54) is 26.4 Å². The lowest BCUT2D eigenvalue weighted by Crippen LogP contribution is -2.28. The van der Waals surface area contributed by atoms with Gasteiger partial charge in [0.2, 0.25) is 11.9 Å². The van der Waals surface area contributed by atoms with Crippen LogP contribution >= 0.6 is 0 Å². The summed E-state index contributed by atoms with van der Waals surface area (Å²) in [4.78, 5) is 39.1. The van der Waals surface area contributed by atoms with E-state index in [9.17, 15) is 22.8 Å². The maximum absolute atomic E-state index is 12.6. The second-order valence-corrected chi connectivity index (χ2v) is 6.91. The van der Waals surface area contributed by atoms with Gasteiger partial charge in [0, 0.05) is 5.39 Å². The lowest BCUT2D eigenvalue weighted by Gasteiger charge is -2.13. The number of rotatable bonds is 5. The summed E-state index contributed by atoms with van der Waals surface area (Å²) in [5.74, 6) is -2.21. The lowest BCUT2D eigenvalue weighted by atomic mass is 10.1. The summed E-state index contributed by atoms with van der Waals surface area (Å²) < 4.78 is 52.8. The summed E-state index contributed by atoms with van der Waals surface area (Å²) in [5.41, 5.74) is 0.185. The smallest absolute Gasteiger partial charge is 0.491 e. The van der Waals surface area contributed by atoms with Crippen molar-refractivity contribution in [3.8, 4) is 17.2 Å². The van der Waals surface area contributed by atoms with Crippen LogP contribution in [0.15, 0.2) is 35.1 Å². The standard InChI is InChI=1S/C21H16F3N5O5/c1-9-10-7-8-13(32-2)16(33-3)15(10)27-19(25-9)29-20-26-11-5-4-6-12(14(11)17(30)28-20)34-18(31)21(22,23)24/h4-8H,1-3H3,(H2,25,26,27,28,29,30). The first-order chi connectivity index (χ1) is 16.1. The number of anilines is 2. The number of hydrogen-bond acceptors (Lipinski definition) is 9. The Morgan fingerprint density at radius 1 is 1.03 bits per heavy atom. The van der Waals surface area contributed by atoms with Crippen molar-refractivity contribution in [1.82, 2.24) is 19.9 Å². The van der Waals surface area contributed by atoms with Gasteiger partial charge in [0.05, 0.1) is 25.4 Å². The average molecular weight is 475 g/mol. The zero-order chi connectivity index (χ0) is 24.6. The highest BCUT2D eigenvalue weighted by Crippen LogP contribution is 2.35. The van der Waals surface area contributed by atoms with Crippen LogP contribution in [-0.4, -0.2) is 46.3 Å². The Bertz CT molecular complexity index is 1490. The number of carbonyl (C=O) groups excluding carboxylic acids is 1. The van der Waals surface area contributed by atoms with E-state index in [0.29, 0.717) is 28.1 Å². The Balaban J connectivity index is 1.76. The van der Waals surface area contributed by atoms with Crippen LogP contribution in [0.25, 0.3) is 21.8 Å². The highest BCUT2D eigenvalue weighted by atomic mass is 19.4. The molecule has 176 valence electrons. The molecule has 2 aromatic heterocycles. The average Bonchev–Trinajstić information content (AvgIpc) is 2.77. The number of alkyl halides is 3. The maximum atomic E-state index is 12.6. The van der Waals surface area contributed by atoms with Crippen LogP contribution < -0.4 is 25.1 Å². The molecular weight excluding hydrogens is 459 g/mol. The van der Waals surface area contributed by atoms with Crippen LogP contribution in [0.3, 0.4) is 0 Å². The number of benzene rings is 2. The molecule has 0 unspecified atom stereocenters. The van der Waals surface area contributed by atoms with Crippen LogP contribution in [0.5, 0.6) is 17.2 Å². The summed E-state index contributed by atoms with van der Waals surface area (Å²) in [6.07, 6.45) is -5.22. The second kappa shape index (κ2) is 8.50. The molecule has 0 fully saturated rings. The summed E-state index contributed by atoms with van der Waals surface area (Å²) in [6.45, 7) is 1.75. The van der Waals surface area contributed by atoms with Crippen LogP contribution in [0, 0.1) is 6.92 Å². The fourth-order valence-corrected chi connectivity index (χ4v) is 3.29. The Kier molecular flexibility index (Phi) is 5.69. The minimum absolute atomic E-state index is 0.0181. The van der Waals surface area contributed by atoms with E-state index in [4.69, 9.17) is 9.47 Å². The van der Waals surface area contributed by atoms with Crippen molar-refractivity contribution >= 4 is 39.7 Å². The monoisotopic (exact) mass is 475 g/mol. The summed E-state index contributed by atoms with van der Waals surface area (Å²) in [7, 11) is 2.95. The van der Waals surface area contributed by atoms with E-state index < -0.39 is 23.5 Å². The van der Waals surface area contributed by atoms with E-state index in [1.54, 1.807) is 19.1 Å². The Morgan fingerprint density at radius 2 is 1.79 bits per heavy atom. The summed E-state index contributed by atoms with van der Waals surface area (Å²) in [6, 6.07) is 7.23. The number of nitrogens with zero attached hydrogens (tertiary/aromatic N) is 3. The molecule has 0 saturated carbocycles. The van der Waals surface area contributed by atoms with Crippen molar-refractivity contribution < 1.29 is 32.2 Å². The fraction of sp³-hybridized carbons (Fsp3) is 0.190. The molecule has 2 N–H and O–H groups in total. The van der Waals surface area contributed by atoms with Crippen molar-refractivity contribution in [2.75, 3.05) is 19.5 Å². The molecule has 0 saturated heterocycles. The summed E-state index contributed by atoms with van der Waals surface area (Å²) >= 11 is 0. The van der Waals surface area contributed by atoms with Gasteiger partial charge in [-0.15, -0.1) is 0 Å². The van der Waals surface area contributed by atoms with Gasteiger partial charge in [-0.05, 0) is 31.2 Å². The third kappa shape index (κ3) is 4.14. The van der Waals surface area contributed by atoms with Crippen LogP contribution in [0.4, 0.5) is 25.1 Å². The van der Waals surface area contributed by atoms with Crippen molar-refractivity contribution in [3.63, 3.8) is 0 Å². The van der Waals surface area contributed by atoms with E-state index in [1.807, 2.05) is 0 Å². The van der Waals surface area contributed by atoms with Crippen LogP contribution in [-0.2, 0) is 4.79 Å². The first kappa shape index (κ1) is 22.8. The predicted molar refractivity (Wildman–Crippen MR) is 115 cm³/mol. The Labute approximate surface area is 188 Å². The van der Waals surface area contributed by atoms with E-state index >= 15 is 0 Å². The van der Waals surface area contributed by atoms with Gasteiger partial charge in [-0.25, -0.2) is 19.7 Å². The van der Waals surface area contributed by atoms with E-state index in [0.717, 1.165) is 6.07 Å². The topological polar surface area (TPSA) is 128 Å². The molecule has 0 amide bonds. The van der Waals surface area contributed by atoms with Gasteiger partial charge in [-0.3, -0.25) is 15.1 Å². The Hall–Kier alpha value is -4.42. The first-order valence-corrected chi connectivity index (χ1v) is 9.60. The number of carbonyl (C=O) groups is 1. The fourth-order valence-electron chi connectivity index (χ4n) is 3.29. The molecule has 0 aliphatic heterocycles. The van der Waals surface area contributed by atoms with Crippen molar-refractivity contribution in [2.45, 2.75) is 13.1 Å². The molecule has 0 atom stereocenters. The SMILES string of the molecule is COc1ccc2c(C)nc(Nc3nc4cccc(OC(=O)C(F)(F)F)c4c(=O)[nH]3)nc2c1OC. The van der Waals surface area contributed by atoms with Crippen molar-refractivity contribution in [2.24, 2.45) is 0 Å². The number of H-pyrrole nitrogens is 1. The first-order valence-electron chi connectivity index (χ1n) is 9.60. The quantitative estimate of drug-likeness (QED) is 0.330. The minimum Gasteiger partial charge on any atom is -0.493 e. The minimum atomic E-state index is -5.22. The van der Waals surface area contributed by atoms with Gasteiger partial charge in [0.1, 0.15) is 16.7 Å². The molecular formula is C21H16F3N5O5. The molecule has 2 aromatic carbocycles. The molecule has 4 rings (SSSR count). The van der Waals surface area contributed by atoms with Gasteiger partial charge in [0.25, 0.3) is 5.56 Å². The number of fused-ring (bicyclic) bond motifs is 2. The van der Waals surface area contributed by atoms with Crippen LogP contribution in [0.1, 0.15) is 5.69 Å². The molecule has 0 bridgehead atoms. The number of esters is 1. The third-order valence-corrected chi connectivity index (χ3v) is 4.76. The number of aryl methyl sites for hydroxylation is 1. The third-order valence-electron chi connectivity index (χ3n) is 4.76. The van der Waals surface area contributed by atoms with Gasteiger partial charge >= 0.3 is 12.1 Å². The highest BCUT2D eigenvalue weighted by molar-refractivity contribution is 5.90. The predicted octanol–water partition coefficient (Wildman–Crippen LogP) is 3.40. The maximum Gasteiger partial charge on any atom is 0.491 e. The molecule has 2 heterocycles. The number of ether oxygens (including phenoxy) is 3. The molecule has 34 heavy (non-hydrogen) atoms. The zero-order valence-electron chi connectivity index (χ0n) is 17.9. The normalized spacial score (nSPS) is 11.5. The highest BCUT2D eigenvalue weighted by Gasteiger charge is 2.41. The molecule has 0 aliphatic rings. The molecule has 0 aliphatic carbocycles. The number of methoxy groups -OCH3 is 2. The number of hydrogen-bond donors (Lipinski definition) is 2. The van der Waals surface area contributed by atoms with E-state index in [2.05, 4.69) is 30.0 Å². The molecule has 10 nitrogen and oxygen atoms in total. The van der Waals surface area contributed by atoms with Gasteiger partial charge < -0.3 is 14.2 Å². The van der Waals surface area contributed by atoms with Gasteiger partial charge in [-0.1, -0.05) is 6.07 Å². The van der Waals surface area contributed by atoms with Crippen LogP contribution in [0.2, 0.25) is 0 Å². The number of aromatic nitrogens is 4. The number of nitrogens with one attached hydrogen (secondary N) is 2. The molecule has 0 radical (unpaired) electrons. The summed E-state index contributed by atoms with van der Waals surface area (Å²) in [5, 5.41) is 3.15. The number of aromatic amines is 1. The number of halogens is 3. The molecule has 4 aromatic rings. The lowest BCUT2D eigenvalue weighted by molar-refractivity contribution is -0.189. The second-order valence-electron chi connectivity index (χ2n) is 6.91.